The molecule has 0 aliphatic carbocycles. The van der Waals surface area contributed by atoms with Crippen LogP contribution in [0, 0.1) is 13.8 Å². The Bertz CT molecular complexity index is 1160. The third kappa shape index (κ3) is 3.68. The fraction of sp³-hybridized carbons (Fsp3) is 0.190. The Labute approximate surface area is 171 Å². The molecule has 2 aromatic heterocycles. The van der Waals surface area contributed by atoms with Crippen molar-refractivity contribution < 1.29 is 4.79 Å². The molecule has 1 amide bonds. The molecule has 0 fully saturated rings. The molecule has 2 aromatic carbocycles. The van der Waals surface area contributed by atoms with Gasteiger partial charge in [0.15, 0.2) is 11.0 Å². The van der Waals surface area contributed by atoms with Crippen LogP contribution in [-0.2, 0) is 11.8 Å². The number of anilines is 1. The van der Waals surface area contributed by atoms with Crippen LogP contribution in [0.5, 0.6) is 0 Å². The van der Waals surface area contributed by atoms with Gasteiger partial charge in [0.05, 0.1) is 5.75 Å². The molecule has 142 valence electrons. The van der Waals surface area contributed by atoms with Gasteiger partial charge in [-0.15, -0.1) is 21.5 Å². The minimum absolute atomic E-state index is 0.0516. The maximum atomic E-state index is 12.4. The number of fused-ring (bicyclic) bond motifs is 1. The van der Waals surface area contributed by atoms with E-state index in [1.807, 2.05) is 55.8 Å². The molecule has 4 aromatic rings. The van der Waals surface area contributed by atoms with E-state index in [2.05, 4.69) is 33.0 Å². The monoisotopic (exact) mass is 408 g/mol. The molecule has 5 nitrogen and oxygen atoms in total. The van der Waals surface area contributed by atoms with Crippen molar-refractivity contribution in [3.63, 3.8) is 0 Å². The van der Waals surface area contributed by atoms with Gasteiger partial charge in [0.2, 0.25) is 5.91 Å². The van der Waals surface area contributed by atoms with E-state index in [9.17, 15) is 4.79 Å². The summed E-state index contributed by atoms with van der Waals surface area (Å²) in [5, 5.41) is 15.6. The smallest absolute Gasteiger partial charge is 0.234 e. The first-order valence-electron chi connectivity index (χ1n) is 8.89. The van der Waals surface area contributed by atoms with Crippen LogP contribution in [0.1, 0.15) is 11.1 Å². The molecule has 28 heavy (non-hydrogen) atoms. The largest absolute Gasteiger partial charge is 0.325 e. The van der Waals surface area contributed by atoms with Crippen LogP contribution in [0.25, 0.3) is 21.5 Å². The first-order chi connectivity index (χ1) is 13.5. The summed E-state index contributed by atoms with van der Waals surface area (Å²) in [6.07, 6.45) is 0. The van der Waals surface area contributed by atoms with Gasteiger partial charge in [0, 0.05) is 33.8 Å². The number of rotatable bonds is 5. The maximum absolute atomic E-state index is 12.4. The molecule has 2 heterocycles. The third-order valence-corrected chi connectivity index (χ3v) is 6.54. The highest BCUT2D eigenvalue weighted by Crippen LogP contribution is 2.33. The number of carbonyl (C=O) groups is 1. The number of nitrogens with zero attached hydrogens (tertiary/aromatic N) is 3. The van der Waals surface area contributed by atoms with Crippen LogP contribution >= 0.6 is 23.1 Å². The molecule has 0 unspecified atom stereocenters. The number of thioether (sulfide) groups is 1. The minimum Gasteiger partial charge on any atom is -0.325 e. The molecule has 0 atom stereocenters. The number of hydrogen-bond acceptors (Lipinski definition) is 5. The van der Waals surface area contributed by atoms with Crippen molar-refractivity contribution in [2.75, 3.05) is 11.1 Å². The Morgan fingerprint density at radius 2 is 2.00 bits per heavy atom. The number of benzene rings is 2. The lowest BCUT2D eigenvalue weighted by Crippen LogP contribution is -2.15. The zero-order valence-electron chi connectivity index (χ0n) is 15.9. The summed E-state index contributed by atoms with van der Waals surface area (Å²) in [5.41, 5.74) is 4.10. The summed E-state index contributed by atoms with van der Waals surface area (Å²) in [6, 6.07) is 14.3. The molecule has 0 spiro atoms. The summed E-state index contributed by atoms with van der Waals surface area (Å²) in [4.78, 5) is 12.4. The van der Waals surface area contributed by atoms with Gasteiger partial charge in [-0.1, -0.05) is 42.1 Å². The fourth-order valence-corrected chi connectivity index (χ4v) is 4.66. The lowest BCUT2D eigenvalue weighted by atomic mass is 10.1. The number of hydrogen-bond donors (Lipinski definition) is 1. The van der Waals surface area contributed by atoms with Crippen molar-refractivity contribution in [3.8, 4) is 11.4 Å². The van der Waals surface area contributed by atoms with Gasteiger partial charge >= 0.3 is 0 Å². The first kappa shape index (κ1) is 18.7. The normalized spacial score (nSPS) is 11.1. The van der Waals surface area contributed by atoms with Crippen molar-refractivity contribution in [2.45, 2.75) is 19.0 Å². The third-order valence-electron chi connectivity index (χ3n) is 4.56. The summed E-state index contributed by atoms with van der Waals surface area (Å²) >= 11 is 3.09. The summed E-state index contributed by atoms with van der Waals surface area (Å²) in [5.74, 6) is 1.04. The second-order valence-electron chi connectivity index (χ2n) is 6.67. The number of thiophene rings is 1. The number of nitrogens with one attached hydrogen (secondary N) is 1. The zero-order valence-corrected chi connectivity index (χ0v) is 17.5. The summed E-state index contributed by atoms with van der Waals surface area (Å²) < 4.78 is 3.17. The molecule has 4 rings (SSSR count). The predicted molar refractivity (Wildman–Crippen MR) is 117 cm³/mol. The number of aryl methyl sites for hydroxylation is 2. The average Bonchev–Trinajstić information content (AvgIpc) is 3.26. The molecule has 1 N–H and O–H groups in total. The van der Waals surface area contributed by atoms with E-state index < -0.39 is 0 Å². The van der Waals surface area contributed by atoms with Crippen LogP contribution in [0.15, 0.2) is 53.0 Å². The molecule has 0 saturated carbocycles. The number of aromatic nitrogens is 3. The Kier molecular flexibility index (Phi) is 5.19. The summed E-state index contributed by atoms with van der Waals surface area (Å²) in [6.45, 7) is 4.00. The Morgan fingerprint density at radius 3 is 2.86 bits per heavy atom. The second kappa shape index (κ2) is 7.77. The Balaban J connectivity index is 1.48. The van der Waals surface area contributed by atoms with Crippen LogP contribution in [0.4, 0.5) is 5.69 Å². The summed E-state index contributed by atoms with van der Waals surface area (Å²) in [7, 11) is 1.94. The van der Waals surface area contributed by atoms with Crippen molar-refractivity contribution in [3.05, 3.63) is 59.0 Å². The van der Waals surface area contributed by atoms with Gasteiger partial charge in [0.1, 0.15) is 0 Å². The molecule has 0 bridgehead atoms. The van der Waals surface area contributed by atoms with Crippen LogP contribution < -0.4 is 5.32 Å². The van der Waals surface area contributed by atoms with Gasteiger partial charge in [-0.2, -0.15) is 0 Å². The highest BCUT2D eigenvalue weighted by molar-refractivity contribution is 7.99. The maximum Gasteiger partial charge on any atom is 0.234 e. The topological polar surface area (TPSA) is 59.8 Å². The van der Waals surface area contributed by atoms with Crippen molar-refractivity contribution >= 4 is 44.8 Å². The van der Waals surface area contributed by atoms with Crippen LogP contribution in [-0.4, -0.2) is 26.4 Å². The molecular weight excluding hydrogens is 388 g/mol. The molecule has 0 radical (unpaired) electrons. The minimum atomic E-state index is -0.0516. The van der Waals surface area contributed by atoms with Gasteiger partial charge in [-0.25, -0.2) is 0 Å². The van der Waals surface area contributed by atoms with E-state index >= 15 is 0 Å². The van der Waals surface area contributed by atoms with Crippen molar-refractivity contribution in [2.24, 2.45) is 7.05 Å². The standard InChI is InChI=1S/C21H20N4OS2/c1-13-8-9-14(2)17(10-13)22-19(26)12-28-21-24-23-20(25(21)3)16-11-27-18-7-5-4-6-15(16)18/h4-11H,12H2,1-3H3,(H,22,26). The molecule has 0 saturated heterocycles. The quantitative estimate of drug-likeness (QED) is 0.470. The first-order valence-corrected chi connectivity index (χ1v) is 10.8. The Morgan fingerprint density at radius 1 is 1.18 bits per heavy atom. The van der Waals surface area contributed by atoms with E-state index in [-0.39, 0.29) is 11.7 Å². The lowest BCUT2D eigenvalue weighted by Gasteiger charge is -2.09. The van der Waals surface area contributed by atoms with Gasteiger partial charge in [0.25, 0.3) is 0 Å². The lowest BCUT2D eigenvalue weighted by molar-refractivity contribution is -0.113. The van der Waals surface area contributed by atoms with Crippen molar-refractivity contribution in [1.29, 1.82) is 0 Å². The van der Waals surface area contributed by atoms with Gasteiger partial charge < -0.3 is 9.88 Å². The Hall–Kier alpha value is -2.64. The molecule has 0 aliphatic heterocycles. The average molecular weight is 409 g/mol. The highest BCUT2D eigenvalue weighted by atomic mass is 32.2. The molecular formula is C21H20N4OS2. The molecule has 0 aliphatic rings. The number of carbonyl (C=O) groups excluding carboxylic acids is 1. The van der Waals surface area contributed by atoms with Gasteiger partial charge in [-0.3, -0.25) is 4.79 Å². The second-order valence-corrected chi connectivity index (χ2v) is 8.52. The van der Waals surface area contributed by atoms with E-state index in [0.29, 0.717) is 0 Å². The zero-order chi connectivity index (χ0) is 19.7. The number of amides is 1. The fourth-order valence-electron chi connectivity index (χ4n) is 3.01. The molecule has 7 heteroatoms. The van der Waals surface area contributed by atoms with Crippen LogP contribution in [0.2, 0.25) is 0 Å². The highest BCUT2D eigenvalue weighted by Gasteiger charge is 2.16. The predicted octanol–water partition coefficient (Wildman–Crippen LogP) is 5.04. The van der Waals surface area contributed by atoms with Crippen molar-refractivity contribution in [1.82, 2.24) is 14.8 Å². The van der Waals surface area contributed by atoms with E-state index in [1.54, 1.807) is 11.3 Å². The van der Waals surface area contributed by atoms with E-state index in [1.165, 1.54) is 21.8 Å². The van der Waals surface area contributed by atoms with E-state index in [0.717, 1.165) is 33.4 Å². The van der Waals surface area contributed by atoms with E-state index in [4.69, 9.17) is 0 Å². The SMILES string of the molecule is Cc1ccc(C)c(NC(=O)CSc2nnc(-c3csc4ccccc34)n2C)c1. The van der Waals surface area contributed by atoms with Crippen LogP contribution in [0.3, 0.4) is 0 Å². The van der Waals surface area contributed by atoms with Gasteiger partial charge in [-0.05, 0) is 37.1 Å².